The normalized spacial score (nSPS) is 15.7. The van der Waals surface area contributed by atoms with Gasteiger partial charge in [0.25, 0.3) is 5.91 Å². The summed E-state index contributed by atoms with van der Waals surface area (Å²) in [5.74, 6) is -1.17. The second-order valence-corrected chi connectivity index (χ2v) is 7.57. The molecule has 0 atom stereocenters. The number of carbonyl (C=O) groups excluding carboxylic acids is 2. The minimum atomic E-state index is -0.638. The van der Waals surface area contributed by atoms with Crippen molar-refractivity contribution in [3.05, 3.63) is 34.6 Å². The number of rotatable bonds is 4. The minimum absolute atomic E-state index is 0.0912. The molecule has 1 aromatic carbocycles. The lowest BCUT2D eigenvalue weighted by molar-refractivity contribution is 0.0147. The smallest absolute Gasteiger partial charge is 0.410 e. The molecule has 2 amide bonds. The van der Waals surface area contributed by atoms with Gasteiger partial charge in [-0.25, -0.2) is 9.18 Å². The van der Waals surface area contributed by atoms with E-state index in [0.29, 0.717) is 39.3 Å². The zero-order chi connectivity index (χ0) is 19.3. The van der Waals surface area contributed by atoms with E-state index in [1.54, 1.807) is 4.90 Å². The number of piperazine rings is 1. The van der Waals surface area contributed by atoms with Crippen molar-refractivity contribution in [1.82, 2.24) is 15.1 Å². The Morgan fingerprint density at radius 1 is 1.23 bits per heavy atom. The summed E-state index contributed by atoms with van der Waals surface area (Å²) in [6, 6.07) is 4.14. The number of hydrogen-bond acceptors (Lipinski definition) is 4. The molecule has 2 rings (SSSR count). The molecule has 26 heavy (non-hydrogen) atoms. The summed E-state index contributed by atoms with van der Waals surface area (Å²) in [5, 5.41) is 2.77. The molecule has 144 valence electrons. The summed E-state index contributed by atoms with van der Waals surface area (Å²) in [5.41, 5.74) is -0.643. The third-order valence-corrected chi connectivity index (χ3v) is 4.24. The predicted octanol–water partition coefficient (Wildman–Crippen LogP) is 2.76. The van der Waals surface area contributed by atoms with Gasteiger partial charge in [-0.3, -0.25) is 9.69 Å². The van der Waals surface area contributed by atoms with E-state index < -0.39 is 17.3 Å². The first-order valence-corrected chi connectivity index (χ1v) is 8.97. The first kappa shape index (κ1) is 20.5. The second kappa shape index (κ2) is 8.68. The van der Waals surface area contributed by atoms with E-state index in [1.165, 1.54) is 18.2 Å². The Morgan fingerprint density at radius 2 is 1.88 bits per heavy atom. The summed E-state index contributed by atoms with van der Waals surface area (Å²) >= 11 is 5.88. The monoisotopic (exact) mass is 385 g/mol. The molecule has 8 heteroatoms. The van der Waals surface area contributed by atoms with Crippen molar-refractivity contribution in [3.63, 3.8) is 0 Å². The third-order valence-electron chi connectivity index (χ3n) is 3.93. The number of carbonyl (C=O) groups is 2. The van der Waals surface area contributed by atoms with Gasteiger partial charge in [-0.15, -0.1) is 0 Å². The summed E-state index contributed by atoms with van der Waals surface area (Å²) < 4.78 is 19.1. The van der Waals surface area contributed by atoms with Crippen molar-refractivity contribution in [2.24, 2.45) is 0 Å². The van der Waals surface area contributed by atoms with Gasteiger partial charge in [0, 0.05) is 39.3 Å². The Morgan fingerprint density at radius 3 is 2.46 bits per heavy atom. The molecule has 1 fully saturated rings. The lowest BCUT2D eigenvalue weighted by atomic mass is 10.2. The zero-order valence-corrected chi connectivity index (χ0v) is 16.1. The molecule has 0 unspecified atom stereocenters. The molecule has 1 heterocycles. The molecule has 6 nitrogen and oxygen atoms in total. The van der Waals surface area contributed by atoms with Crippen LogP contribution in [0.1, 0.15) is 31.1 Å². The highest BCUT2D eigenvalue weighted by atomic mass is 35.5. The van der Waals surface area contributed by atoms with E-state index in [1.807, 2.05) is 20.8 Å². The van der Waals surface area contributed by atoms with E-state index in [9.17, 15) is 14.0 Å². The van der Waals surface area contributed by atoms with Crippen molar-refractivity contribution in [1.29, 1.82) is 0 Å². The fraction of sp³-hybridized carbons (Fsp3) is 0.556. The van der Waals surface area contributed by atoms with E-state index in [0.717, 1.165) is 0 Å². The van der Waals surface area contributed by atoms with Crippen molar-refractivity contribution < 1.29 is 18.7 Å². The molecule has 1 saturated heterocycles. The maximum absolute atomic E-state index is 13.7. The van der Waals surface area contributed by atoms with Crippen LogP contribution in [0.4, 0.5) is 9.18 Å². The SMILES string of the molecule is CC(C)(C)OC(=O)N1CCN(CCNC(=O)c2c(F)cccc2Cl)CC1. The first-order chi connectivity index (χ1) is 12.2. The van der Waals surface area contributed by atoms with Crippen LogP contribution >= 0.6 is 11.6 Å². The van der Waals surface area contributed by atoms with Crippen molar-refractivity contribution in [3.8, 4) is 0 Å². The molecule has 1 aromatic rings. The minimum Gasteiger partial charge on any atom is -0.444 e. The Hall–Kier alpha value is -1.86. The molecule has 0 bridgehead atoms. The summed E-state index contributed by atoms with van der Waals surface area (Å²) in [6.07, 6.45) is -0.306. The highest BCUT2D eigenvalue weighted by Gasteiger charge is 2.25. The van der Waals surface area contributed by atoms with Crippen molar-refractivity contribution in [2.75, 3.05) is 39.3 Å². The lowest BCUT2D eigenvalue weighted by Crippen LogP contribution is -2.51. The molecule has 1 N–H and O–H groups in total. The van der Waals surface area contributed by atoms with E-state index in [2.05, 4.69) is 10.2 Å². The van der Waals surface area contributed by atoms with Gasteiger partial charge in [0.2, 0.25) is 0 Å². The Labute approximate surface area is 158 Å². The Kier molecular flexibility index (Phi) is 6.83. The van der Waals surface area contributed by atoms with Crippen molar-refractivity contribution in [2.45, 2.75) is 26.4 Å². The van der Waals surface area contributed by atoms with Crippen LogP contribution in [0.2, 0.25) is 5.02 Å². The van der Waals surface area contributed by atoms with Crippen LogP contribution in [0.5, 0.6) is 0 Å². The number of hydrogen-bond donors (Lipinski definition) is 1. The standard InChI is InChI=1S/C18H25ClFN3O3/c1-18(2,3)26-17(25)23-11-9-22(10-12-23)8-7-21-16(24)15-13(19)5-4-6-14(15)20/h4-6H,7-12H2,1-3H3,(H,21,24). The van der Waals surface area contributed by atoms with Crippen LogP contribution in [0, 0.1) is 5.82 Å². The predicted molar refractivity (Wildman–Crippen MR) is 98.0 cm³/mol. The third kappa shape index (κ3) is 5.85. The highest BCUT2D eigenvalue weighted by Crippen LogP contribution is 2.18. The fourth-order valence-corrected chi connectivity index (χ4v) is 2.86. The van der Waals surface area contributed by atoms with Crippen LogP contribution in [-0.2, 0) is 4.74 Å². The van der Waals surface area contributed by atoms with Gasteiger partial charge < -0.3 is 15.0 Å². The maximum atomic E-state index is 13.7. The number of nitrogens with zero attached hydrogens (tertiary/aromatic N) is 2. The quantitative estimate of drug-likeness (QED) is 0.865. The van der Waals surface area contributed by atoms with Crippen molar-refractivity contribution >= 4 is 23.6 Å². The van der Waals surface area contributed by atoms with Gasteiger partial charge in [0.15, 0.2) is 0 Å². The lowest BCUT2D eigenvalue weighted by Gasteiger charge is -2.35. The van der Waals surface area contributed by atoms with Gasteiger partial charge in [-0.1, -0.05) is 17.7 Å². The van der Waals surface area contributed by atoms with E-state index >= 15 is 0 Å². The summed E-state index contributed by atoms with van der Waals surface area (Å²) in [7, 11) is 0. The van der Waals surface area contributed by atoms with Crippen LogP contribution < -0.4 is 5.32 Å². The topological polar surface area (TPSA) is 61.9 Å². The van der Waals surface area contributed by atoms with Gasteiger partial charge in [0.05, 0.1) is 10.6 Å². The molecule has 1 aliphatic heterocycles. The summed E-state index contributed by atoms with van der Waals surface area (Å²) in [4.78, 5) is 27.9. The number of benzene rings is 1. The number of ether oxygens (including phenoxy) is 1. The van der Waals surface area contributed by atoms with Gasteiger partial charge in [-0.05, 0) is 32.9 Å². The largest absolute Gasteiger partial charge is 0.444 e. The molecule has 0 spiro atoms. The van der Waals surface area contributed by atoms with Gasteiger partial charge in [0.1, 0.15) is 11.4 Å². The molecule has 1 aliphatic rings. The second-order valence-electron chi connectivity index (χ2n) is 7.16. The Bertz CT molecular complexity index is 635. The first-order valence-electron chi connectivity index (χ1n) is 8.60. The van der Waals surface area contributed by atoms with Crippen LogP contribution in [-0.4, -0.2) is 66.7 Å². The fourth-order valence-electron chi connectivity index (χ4n) is 2.61. The average Bonchev–Trinajstić information content (AvgIpc) is 2.53. The van der Waals surface area contributed by atoms with Crippen LogP contribution in [0.25, 0.3) is 0 Å². The molecule has 0 aromatic heterocycles. The summed E-state index contributed by atoms with van der Waals surface area (Å²) in [6.45, 7) is 9.02. The Balaban J connectivity index is 1.74. The highest BCUT2D eigenvalue weighted by molar-refractivity contribution is 6.33. The van der Waals surface area contributed by atoms with E-state index in [4.69, 9.17) is 16.3 Å². The average molecular weight is 386 g/mol. The zero-order valence-electron chi connectivity index (χ0n) is 15.3. The molecule has 0 aliphatic carbocycles. The van der Waals surface area contributed by atoms with E-state index in [-0.39, 0.29) is 16.7 Å². The van der Waals surface area contributed by atoms with Crippen LogP contribution in [0.3, 0.4) is 0 Å². The van der Waals surface area contributed by atoms with Gasteiger partial charge in [-0.2, -0.15) is 0 Å². The maximum Gasteiger partial charge on any atom is 0.410 e. The molecular formula is C18H25ClFN3O3. The molecule has 0 radical (unpaired) electrons. The molecular weight excluding hydrogens is 361 g/mol. The number of amides is 2. The van der Waals surface area contributed by atoms with Gasteiger partial charge >= 0.3 is 6.09 Å². The molecule has 0 saturated carbocycles. The van der Waals surface area contributed by atoms with Crippen LogP contribution in [0.15, 0.2) is 18.2 Å². The number of nitrogens with one attached hydrogen (secondary N) is 1. The number of halogens is 2.